The van der Waals surface area contributed by atoms with E-state index in [0.717, 1.165) is 5.56 Å². The van der Waals surface area contributed by atoms with E-state index in [2.05, 4.69) is 5.32 Å². The first-order valence-corrected chi connectivity index (χ1v) is 7.21. The van der Waals surface area contributed by atoms with Gasteiger partial charge in [0.15, 0.2) is 0 Å². The minimum Gasteiger partial charge on any atom is -0.426 e. The van der Waals surface area contributed by atoms with E-state index in [1.165, 1.54) is 6.92 Å². The van der Waals surface area contributed by atoms with Gasteiger partial charge in [-0.25, -0.2) is 0 Å². The third-order valence-electron chi connectivity index (χ3n) is 3.54. The van der Waals surface area contributed by atoms with Gasteiger partial charge in [0.1, 0.15) is 5.78 Å². The van der Waals surface area contributed by atoms with E-state index >= 15 is 0 Å². The standard InChI is InChI=1S/C15H20BNO4/c1-11(18)9-13-7-8-14(16(20)21-13)17-15(19)10-12-5-3-2-4-6-12/h2-6,13-14,20H,7-10H2,1H3,(H,17,19)/t13?,14-/m0/s1. The molecule has 1 saturated heterocycles. The SMILES string of the molecule is CC(=O)CC1CC[C@H](NC(=O)Cc2ccccc2)B(O)O1. The van der Waals surface area contributed by atoms with Crippen LogP contribution in [0.3, 0.4) is 0 Å². The summed E-state index contributed by atoms with van der Waals surface area (Å²) in [6.45, 7) is 1.50. The van der Waals surface area contributed by atoms with Crippen molar-refractivity contribution in [2.24, 2.45) is 0 Å². The number of carbonyl (C=O) groups excluding carboxylic acids is 2. The summed E-state index contributed by atoms with van der Waals surface area (Å²) in [5.74, 6) is -0.512. The van der Waals surface area contributed by atoms with Gasteiger partial charge in [-0.3, -0.25) is 9.59 Å². The van der Waals surface area contributed by atoms with Crippen molar-refractivity contribution in [2.45, 2.75) is 44.7 Å². The molecule has 5 nitrogen and oxygen atoms in total. The van der Waals surface area contributed by atoms with Gasteiger partial charge in [-0.05, 0) is 25.3 Å². The monoisotopic (exact) mass is 289 g/mol. The van der Waals surface area contributed by atoms with Crippen LogP contribution in [0, 0.1) is 0 Å². The lowest BCUT2D eigenvalue weighted by atomic mass is 9.72. The van der Waals surface area contributed by atoms with E-state index in [9.17, 15) is 14.6 Å². The van der Waals surface area contributed by atoms with Gasteiger partial charge in [0.2, 0.25) is 5.91 Å². The molecule has 0 aliphatic carbocycles. The zero-order valence-electron chi connectivity index (χ0n) is 12.1. The zero-order valence-corrected chi connectivity index (χ0v) is 12.1. The molecule has 1 heterocycles. The van der Waals surface area contributed by atoms with Crippen molar-refractivity contribution >= 4 is 18.8 Å². The van der Waals surface area contributed by atoms with Gasteiger partial charge in [0.05, 0.1) is 12.4 Å². The molecule has 6 heteroatoms. The molecule has 2 atom stereocenters. The Labute approximate surface area is 124 Å². The van der Waals surface area contributed by atoms with E-state index in [0.29, 0.717) is 19.3 Å². The molecular weight excluding hydrogens is 269 g/mol. The summed E-state index contributed by atoms with van der Waals surface area (Å²) in [6.07, 6.45) is 1.61. The van der Waals surface area contributed by atoms with Crippen LogP contribution in [0.5, 0.6) is 0 Å². The van der Waals surface area contributed by atoms with Crippen LogP contribution in [0.25, 0.3) is 0 Å². The molecule has 0 bridgehead atoms. The Morgan fingerprint density at radius 1 is 1.33 bits per heavy atom. The summed E-state index contributed by atoms with van der Waals surface area (Å²) < 4.78 is 5.38. The second-order valence-corrected chi connectivity index (χ2v) is 5.47. The van der Waals surface area contributed by atoms with Gasteiger partial charge in [0, 0.05) is 12.5 Å². The molecular formula is C15H20BNO4. The molecule has 1 aliphatic rings. The molecule has 2 rings (SSSR count). The number of ketones is 1. The minimum absolute atomic E-state index is 0.0405. The first-order chi connectivity index (χ1) is 10.0. The lowest BCUT2D eigenvalue weighted by Gasteiger charge is -2.31. The Morgan fingerprint density at radius 2 is 2.05 bits per heavy atom. The third kappa shape index (κ3) is 4.99. The highest BCUT2D eigenvalue weighted by Gasteiger charge is 2.36. The predicted octanol–water partition coefficient (Wildman–Crippen LogP) is 0.892. The maximum Gasteiger partial charge on any atom is 0.478 e. The lowest BCUT2D eigenvalue weighted by Crippen LogP contribution is -2.53. The second-order valence-electron chi connectivity index (χ2n) is 5.47. The van der Waals surface area contributed by atoms with Crippen molar-refractivity contribution in [1.29, 1.82) is 0 Å². The van der Waals surface area contributed by atoms with Crippen LogP contribution in [0.2, 0.25) is 0 Å². The van der Waals surface area contributed by atoms with Crippen LogP contribution in [-0.4, -0.2) is 35.9 Å². The quantitative estimate of drug-likeness (QED) is 0.789. The summed E-state index contributed by atoms with van der Waals surface area (Å²) in [5, 5.41) is 12.7. The van der Waals surface area contributed by atoms with Gasteiger partial charge < -0.3 is 15.0 Å². The molecule has 0 saturated carbocycles. The molecule has 1 aliphatic heterocycles. The number of hydrogen-bond acceptors (Lipinski definition) is 4. The van der Waals surface area contributed by atoms with Gasteiger partial charge in [-0.1, -0.05) is 30.3 Å². The Morgan fingerprint density at radius 3 is 2.67 bits per heavy atom. The molecule has 0 radical (unpaired) electrons. The highest BCUT2D eigenvalue weighted by molar-refractivity contribution is 6.45. The van der Waals surface area contributed by atoms with E-state index < -0.39 is 13.1 Å². The molecule has 1 aromatic carbocycles. The molecule has 1 aromatic rings. The zero-order chi connectivity index (χ0) is 15.2. The Hall–Kier alpha value is -1.66. The van der Waals surface area contributed by atoms with Crippen molar-refractivity contribution in [3.63, 3.8) is 0 Å². The molecule has 1 amide bonds. The molecule has 0 aromatic heterocycles. The fourth-order valence-corrected chi connectivity index (χ4v) is 2.52. The summed E-state index contributed by atoms with van der Waals surface area (Å²) in [5.41, 5.74) is 0.927. The highest BCUT2D eigenvalue weighted by atomic mass is 16.5. The summed E-state index contributed by atoms with van der Waals surface area (Å²) in [4.78, 5) is 23.0. The van der Waals surface area contributed by atoms with Gasteiger partial charge in [0.25, 0.3) is 0 Å². The first-order valence-electron chi connectivity index (χ1n) is 7.21. The van der Waals surface area contributed by atoms with E-state index in [-0.39, 0.29) is 24.2 Å². The van der Waals surface area contributed by atoms with Gasteiger partial charge in [-0.2, -0.15) is 0 Å². The maximum absolute atomic E-state index is 12.0. The Balaban J connectivity index is 1.81. The van der Waals surface area contributed by atoms with Crippen LogP contribution < -0.4 is 5.32 Å². The number of hydrogen-bond donors (Lipinski definition) is 2. The van der Waals surface area contributed by atoms with Crippen molar-refractivity contribution in [3.05, 3.63) is 35.9 Å². The second kappa shape index (κ2) is 7.38. The highest BCUT2D eigenvalue weighted by Crippen LogP contribution is 2.19. The average Bonchev–Trinajstić information content (AvgIpc) is 2.42. The largest absolute Gasteiger partial charge is 0.478 e. The topological polar surface area (TPSA) is 75.6 Å². The molecule has 21 heavy (non-hydrogen) atoms. The molecule has 112 valence electrons. The fraction of sp³-hybridized carbons (Fsp3) is 0.467. The van der Waals surface area contributed by atoms with E-state index in [1.54, 1.807) is 0 Å². The van der Waals surface area contributed by atoms with Crippen molar-refractivity contribution in [1.82, 2.24) is 5.32 Å². The summed E-state index contributed by atoms with van der Waals surface area (Å²) in [6, 6.07) is 9.43. The predicted molar refractivity (Wildman–Crippen MR) is 79.5 cm³/mol. The van der Waals surface area contributed by atoms with E-state index in [4.69, 9.17) is 4.65 Å². The Kier molecular flexibility index (Phi) is 5.53. The number of Topliss-reactive ketones (excluding diaryl/α,β-unsaturated/α-hetero) is 1. The number of benzene rings is 1. The summed E-state index contributed by atoms with van der Waals surface area (Å²) >= 11 is 0. The van der Waals surface area contributed by atoms with Gasteiger partial charge >= 0.3 is 7.12 Å². The van der Waals surface area contributed by atoms with Crippen molar-refractivity contribution in [3.8, 4) is 0 Å². The van der Waals surface area contributed by atoms with Crippen LogP contribution >= 0.6 is 0 Å². The number of amides is 1. The maximum atomic E-state index is 12.0. The number of rotatable bonds is 5. The minimum atomic E-state index is -1.05. The lowest BCUT2D eigenvalue weighted by molar-refractivity contribution is -0.122. The van der Waals surface area contributed by atoms with Crippen LogP contribution in [0.1, 0.15) is 31.7 Å². The molecule has 0 spiro atoms. The van der Waals surface area contributed by atoms with Gasteiger partial charge in [-0.15, -0.1) is 0 Å². The third-order valence-corrected chi connectivity index (χ3v) is 3.54. The smallest absolute Gasteiger partial charge is 0.426 e. The van der Waals surface area contributed by atoms with Crippen molar-refractivity contribution < 1.29 is 19.3 Å². The number of carbonyl (C=O) groups is 2. The molecule has 1 fully saturated rings. The fourth-order valence-electron chi connectivity index (χ4n) is 2.52. The van der Waals surface area contributed by atoms with Crippen molar-refractivity contribution in [2.75, 3.05) is 0 Å². The van der Waals surface area contributed by atoms with Crippen LogP contribution in [0.15, 0.2) is 30.3 Å². The van der Waals surface area contributed by atoms with Crippen LogP contribution in [0.4, 0.5) is 0 Å². The van der Waals surface area contributed by atoms with E-state index in [1.807, 2.05) is 30.3 Å². The number of nitrogens with one attached hydrogen (secondary N) is 1. The average molecular weight is 289 g/mol. The Bertz CT molecular complexity index is 494. The first kappa shape index (κ1) is 15.7. The van der Waals surface area contributed by atoms with Crippen LogP contribution in [-0.2, 0) is 20.7 Å². The normalized spacial score (nSPS) is 21.9. The summed E-state index contributed by atoms with van der Waals surface area (Å²) in [7, 11) is -1.05. The molecule has 1 unspecified atom stereocenters. The molecule has 2 N–H and O–H groups in total.